The van der Waals surface area contributed by atoms with Gasteiger partial charge in [-0.3, -0.25) is 15.5 Å². The molecule has 0 aliphatic heterocycles. The van der Waals surface area contributed by atoms with Crippen molar-refractivity contribution in [3.8, 4) is 0 Å². The van der Waals surface area contributed by atoms with Gasteiger partial charge in [0.05, 0.1) is 5.71 Å². The van der Waals surface area contributed by atoms with Crippen LogP contribution in [0.2, 0.25) is 0 Å². The summed E-state index contributed by atoms with van der Waals surface area (Å²) in [6.45, 7) is 2.07. The van der Waals surface area contributed by atoms with Crippen molar-refractivity contribution >= 4 is 23.2 Å². The third kappa shape index (κ3) is 5.36. The smallest absolute Gasteiger partial charge is 0.187 e. The number of rotatable bonds is 7. The second-order valence-corrected chi connectivity index (χ2v) is 6.24. The van der Waals surface area contributed by atoms with Gasteiger partial charge in [-0.05, 0) is 35.8 Å². The molecule has 0 atom stereocenters. The Morgan fingerprint density at radius 3 is 2.50 bits per heavy atom. The molecule has 0 saturated heterocycles. The predicted octanol–water partition coefficient (Wildman–Crippen LogP) is 5.63. The second-order valence-electron chi connectivity index (χ2n) is 6.24. The third-order valence-electron chi connectivity index (χ3n) is 4.30. The van der Waals surface area contributed by atoms with Crippen LogP contribution in [0.3, 0.4) is 0 Å². The Morgan fingerprint density at radius 1 is 1.17 bits per heavy atom. The van der Waals surface area contributed by atoms with Crippen LogP contribution in [-0.4, -0.2) is 10.6 Å². The minimum absolute atomic E-state index is 0. The fourth-order valence-corrected chi connectivity index (χ4v) is 2.65. The number of nitro groups is 1. The summed E-state index contributed by atoms with van der Waals surface area (Å²) in [5, 5.41) is 15.6. The van der Waals surface area contributed by atoms with E-state index in [2.05, 4.69) is 23.5 Å². The number of anilines is 1. The van der Waals surface area contributed by atoms with Gasteiger partial charge in [-0.1, -0.05) is 55.5 Å². The van der Waals surface area contributed by atoms with E-state index in [0.717, 1.165) is 17.5 Å². The number of nitro benzene ring substituents is 1. The van der Waals surface area contributed by atoms with Crippen molar-refractivity contribution in [2.75, 3.05) is 5.43 Å². The average Bonchev–Trinajstić information content (AvgIpc) is 2.75. The predicted molar refractivity (Wildman–Crippen MR) is 113 cm³/mol. The Labute approximate surface area is 168 Å². The number of hydrogen-bond donors (Lipinski definition) is 1. The van der Waals surface area contributed by atoms with Gasteiger partial charge in [0.2, 0.25) is 0 Å². The number of allylic oxidation sites excluding steroid dienone is 1. The molecule has 0 fully saturated rings. The van der Waals surface area contributed by atoms with Gasteiger partial charge in [0.25, 0.3) is 0 Å². The molecule has 0 aromatic heterocycles. The van der Waals surface area contributed by atoms with Gasteiger partial charge in [-0.2, -0.15) is 17.2 Å². The maximum atomic E-state index is 13.1. The summed E-state index contributed by atoms with van der Waals surface area (Å²) in [7, 11) is 0. The molecule has 3 aromatic rings. The van der Waals surface area contributed by atoms with Crippen molar-refractivity contribution in [3.63, 3.8) is 0 Å². The van der Waals surface area contributed by atoms with Crippen molar-refractivity contribution in [1.82, 2.24) is 0 Å². The maximum absolute atomic E-state index is 13.1. The number of hydrogen-bond acceptors (Lipinski definition) is 4. The van der Waals surface area contributed by atoms with Crippen molar-refractivity contribution in [3.05, 3.63) is 111 Å². The van der Waals surface area contributed by atoms with E-state index in [9.17, 15) is 14.5 Å². The van der Waals surface area contributed by atoms with Gasteiger partial charge < -0.3 is 0 Å². The summed E-state index contributed by atoms with van der Waals surface area (Å²) < 4.78 is 13.1. The first kappa shape index (κ1) is 21.5. The van der Waals surface area contributed by atoms with Gasteiger partial charge in [0.1, 0.15) is 5.82 Å². The number of nitrogens with one attached hydrogen (secondary N) is 1. The first-order chi connectivity index (χ1) is 14.1. The first-order valence-corrected chi connectivity index (χ1v) is 9.08. The normalized spacial score (nSPS) is 11.2. The summed E-state index contributed by atoms with van der Waals surface area (Å²) >= 11 is 0. The average molecular weight is 647 g/mol. The Bertz CT molecular complexity index is 1050. The van der Waals surface area contributed by atoms with Crippen molar-refractivity contribution in [2.45, 2.75) is 13.3 Å². The molecule has 0 heterocycles. The van der Waals surface area contributed by atoms with Crippen LogP contribution in [0.4, 0.5) is 15.8 Å². The van der Waals surface area contributed by atoms with E-state index in [1.165, 1.54) is 23.8 Å². The molecule has 1 N–H and O–H groups in total. The number of halogens is 1. The van der Waals surface area contributed by atoms with E-state index in [1.54, 1.807) is 36.4 Å². The molecule has 3 aromatic carbocycles. The van der Waals surface area contributed by atoms with Gasteiger partial charge in [0.15, 0.2) is 5.69 Å². The number of aryl methyl sites for hydroxylation is 1. The Hall–Kier alpha value is -4.80. The summed E-state index contributed by atoms with van der Waals surface area (Å²) in [6.07, 6.45) is 4.51. The molecule has 7 heteroatoms. The first-order valence-electron chi connectivity index (χ1n) is 9.08. The zero-order valence-electron chi connectivity index (χ0n) is 16.1. The summed E-state index contributed by atoms with van der Waals surface area (Å²) in [5.41, 5.74) is 6.37. The minimum Gasteiger partial charge on any atom is -0.296 e. The molecule has 0 aliphatic carbocycles. The Kier molecular flexibility index (Phi) is 7.12. The quantitative estimate of drug-likeness (QED) is 0.157. The van der Waals surface area contributed by atoms with Crippen LogP contribution in [0.15, 0.2) is 77.9 Å². The monoisotopic (exact) mass is 647 g/mol. The van der Waals surface area contributed by atoms with E-state index < -0.39 is 4.92 Å². The minimum atomic E-state index is -0.488. The van der Waals surface area contributed by atoms with Gasteiger partial charge >= 0.3 is 0 Å². The van der Waals surface area contributed by atoms with Crippen LogP contribution in [-0.2, 0) is 6.42 Å². The molecule has 0 amide bonds. The van der Waals surface area contributed by atoms with Gasteiger partial charge in [-0.25, -0.2) is 4.39 Å². The summed E-state index contributed by atoms with van der Waals surface area (Å²) in [5.74, 6) is -0.305. The molecule has 5 nitrogen and oxygen atoms in total. The molecule has 0 bridgehead atoms. The van der Waals surface area contributed by atoms with Crippen LogP contribution in [0, 0.1) is 22.0 Å². The van der Waals surface area contributed by atoms with Crippen molar-refractivity contribution in [2.24, 2.45) is 5.10 Å². The van der Waals surface area contributed by atoms with E-state index in [4.69, 9.17) is 0 Å². The van der Waals surface area contributed by atoms with E-state index >= 15 is 0 Å². The van der Waals surface area contributed by atoms with E-state index in [0.29, 0.717) is 5.71 Å². The molecular weight excluding hydrogens is 628 g/mol. The van der Waals surface area contributed by atoms with Crippen molar-refractivity contribution in [1.29, 1.82) is 0 Å². The SMILES string of the molecule is CCc1ccc(C(/C=C/c2ccc(F)cc2)=N/Nc2cc[c-]cc2[N+](=O)[O-])cc1.[No]. The fourth-order valence-electron chi connectivity index (χ4n) is 2.65. The molecule has 160 valence electrons. The van der Waals surface area contributed by atoms with Crippen molar-refractivity contribution < 1.29 is 9.31 Å². The zero-order valence-corrected chi connectivity index (χ0v) is 18.3. The number of benzene rings is 3. The van der Waals surface area contributed by atoms with E-state index in [1.807, 2.05) is 24.3 Å². The molecule has 0 aliphatic rings. The fraction of sp³-hybridized carbons (Fsp3) is 0.0870. The second kappa shape index (κ2) is 9.94. The number of nitrogens with zero attached hydrogens (tertiary/aromatic N) is 2. The standard InChI is InChI=1S/C23H19FN3O2.No/c1-2-17-7-12-19(13-8-17)21(16-11-18-9-14-20(24)15-10-18)25-26-22-5-3-4-6-23(22)27(28)29;/h3,5-16,26H,2H2,1H3;/q-1;/b16-11+,25-21+;. The summed E-state index contributed by atoms with van der Waals surface area (Å²) in [4.78, 5) is 10.7. The topological polar surface area (TPSA) is 67.5 Å². The van der Waals surface area contributed by atoms with Crippen LogP contribution in [0.25, 0.3) is 6.08 Å². The Balaban J connectivity index is 0.00000320. The van der Waals surface area contributed by atoms with Crippen LogP contribution in [0.5, 0.6) is 0 Å². The molecule has 0 radical (unpaired) electrons. The summed E-state index contributed by atoms with van der Waals surface area (Å²) in [6, 6.07) is 21.1. The van der Waals surface area contributed by atoms with Crippen LogP contribution < -0.4 is 5.43 Å². The molecule has 0 saturated carbocycles. The maximum Gasteiger partial charge on any atom is 0.187 e. The largest absolute Gasteiger partial charge is 0.296 e. The molecule has 30 heavy (non-hydrogen) atoms. The molecular formula is C23H19FN3NoO2-. The third-order valence-corrected chi connectivity index (χ3v) is 4.30. The Morgan fingerprint density at radius 2 is 1.87 bits per heavy atom. The zero-order chi connectivity index (χ0) is 20.6. The molecule has 3 rings (SSSR count). The molecule has 0 spiro atoms. The number of hydrazone groups is 1. The van der Waals surface area contributed by atoms with Gasteiger partial charge in [-0.15, -0.1) is 6.07 Å². The van der Waals surface area contributed by atoms with Gasteiger partial charge in [0, 0.05) is 16.2 Å². The van der Waals surface area contributed by atoms with Crippen LogP contribution in [0.1, 0.15) is 23.6 Å². The molecule has 0 unspecified atom stereocenters. The van der Waals surface area contributed by atoms with Crippen LogP contribution >= 0.6 is 0 Å². The van der Waals surface area contributed by atoms with E-state index in [-0.39, 0.29) is 17.2 Å².